The third-order valence-corrected chi connectivity index (χ3v) is 3.59. The fourth-order valence-corrected chi connectivity index (χ4v) is 2.41. The van der Waals surface area contributed by atoms with E-state index >= 15 is 0 Å². The van der Waals surface area contributed by atoms with Crippen molar-refractivity contribution in [3.63, 3.8) is 0 Å². The summed E-state index contributed by atoms with van der Waals surface area (Å²) in [6, 6.07) is 14.8. The van der Waals surface area contributed by atoms with Crippen molar-refractivity contribution in [3.05, 3.63) is 64.7 Å². The molecule has 0 radical (unpaired) electrons. The lowest BCUT2D eigenvalue weighted by Crippen LogP contribution is -2.36. The molecular weight excluding hydrogens is 312 g/mol. The van der Waals surface area contributed by atoms with Crippen LogP contribution in [0.4, 0.5) is 4.79 Å². The van der Waals surface area contributed by atoms with Gasteiger partial charge in [-0.25, -0.2) is 4.79 Å². The Kier molecular flexibility index (Phi) is 6.29. The highest BCUT2D eigenvalue weighted by atomic mass is 35.5. The van der Waals surface area contributed by atoms with Crippen LogP contribution in [0.5, 0.6) is 5.75 Å². The maximum Gasteiger partial charge on any atom is 0.315 e. The Hall–Kier alpha value is -2.20. The predicted molar refractivity (Wildman–Crippen MR) is 92.8 cm³/mol. The third-order valence-electron chi connectivity index (χ3n) is 3.36. The van der Waals surface area contributed by atoms with E-state index in [0.29, 0.717) is 18.2 Å². The Morgan fingerprint density at radius 3 is 2.74 bits per heavy atom. The second-order valence-corrected chi connectivity index (χ2v) is 5.62. The Labute approximate surface area is 141 Å². The van der Waals surface area contributed by atoms with E-state index in [9.17, 15) is 4.79 Å². The highest BCUT2D eigenvalue weighted by Crippen LogP contribution is 2.19. The zero-order chi connectivity index (χ0) is 16.7. The number of rotatable bonds is 6. The molecule has 2 rings (SSSR count). The zero-order valence-electron chi connectivity index (χ0n) is 13.3. The van der Waals surface area contributed by atoms with Crippen LogP contribution in [0.3, 0.4) is 0 Å². The van der Waals surface area contributed by atoms with E-state index in [1.807, 2.05) is 56.3 Å². The summed E-state index contributed by atoms with van der Waals surface area (Å²) in [7, 11) is 0. The fraction of sp³-hybridized carbons (Fsp3) is 0.278. The van der Waals surface area contributed by atoms with Gasteiger partial charge in [-0.05, 0) is 49.2 Å². The minimum Gasteiger partial charge on any atom is -0.494 e. The van der Waals surface area contributed by atoms with Gasteiger partial charge in [0.1, 0.15) is 5.75 Å². The average molecular weight is 333 g/mol. The van der Waals surface area contributed by atoms with Crippen LogP contribution >= 0.6 is 11.6 Å². The molecule has 1 unspecified atom stereocenters. The smallest absolute Gasteiger partial charge is 0.315 e. The Morgan fingerprint density at radius 2 is 2.00 bits per heavy atom. The summed E-state index contributed by atoms with van der Waals surface area (Å²) in [6.07, 6.45) is 0. The van der Waals surface area contributed by atoms with Gasteiger partial charge in [0.25, 0.3) is 0 Å². The molecule has 0 saturated heterocycles. The van der Waals surface area contributed by atoms with Gasteiger partial charge >= 0.3 is 6.03 Å². The normalized spacial score (nSPS) is 11.6. The molecule has 122 valence electrons. The van der Waals surface area contributed by atoms with E-state index in [2.05, 4.69) is 10.6 Å². The highest BCUT2D eigenvalue weighted by molar-refractivity contribution is 6.30. The van der Waals surface area contributed by atoms with Crippen LogP contribution in [0.25, 0.3) is 0 Å². The number of ether oxygens (including phenoxy) is 1. The first-order valence-corrected chi connectivity index (χ1v) is 7.98. The molecule has 1 atom stereocenters. The number of carbonyl (C=O) groups is 1. The molecular formula is C18H21ClN2O2. The summed E-state index contributed by atoms with van der Waals surface area (Å²) < 4.78 is 5.48. The average Bonchev–Trinajstić information content (AvgIpc) is 2.53. The maximum atomic E-state index is 12.0. The molecule has 0 saturated carbocycles. The van der Waals surface area contributed by atoms with Gasteiger partial charge in [0.2, 0.25) is 0 Å². The number of carbonyl (C=O) groups excluding carboxylic acids is 1. The number of amides is 2. The molecule has 4 nitrogen and oxygen atoms in total. The number of halogens is 1. The molecule has 5 heteroatoms. The van der Waals surface area contributed by atoms with E-state index < -0.39 is 0 Å². The van der Waals surface area contributed by atoms with Crippen molar-refractivity contribution < 1.29 is 9.53 Å². The van der Waals surface area contributed by atoms with Crippen molar-refractivity contribution in [3.8, 4) is 5.75 Å². The van der Waals surface area contributed by atoms with Gasteiger partial charge in [0.05, 0.1) is 12.6 Å². The van der Waals surface area contributed by atoms with Crippen molar-refractivity contribution >= 4 is 17.6 Å². The summed E-state index contributed by atoms with van der Waals surface area (Å²) in [5, 5.41) is 6.40. The van der Waals surface area contributed by atoms with E-state index in [1.165, 1.54) is 0 Å². The standard InChI is InChI=1S/C18H21ClN2O2/c1-3-23-17-9-5-7-15(11-17)13(2)21-18(22)20-12-14-6-4-8-16(19)10-14/h4-11,13H,3,12H2,1-2H3,(H2,20,21,22). The lowest BCUT2D eigenvalue weighted by atomic mass is 10.1. The molecule has 2 amide bonds. The summed E-state index contributed by atoms with van der Waals surface area (Å²) in [4.78, 5) is 12.0. The lowest BCUT2D eigenvalue weighted by Gasteiger charge is -2.16. The number of hydrogen-bond acceptors (Lipinski definition) is 2. The van der Waals surface area contributed by atoms with Crippen molar-refractivity contribution in [2.24, 2.45) is 0 Å². The van der Waals surface area contributed by atoms with Gasteiger partial charge < -0.3 is 15.4 Å². The number of urea groups is 1. The molecule has 2 N–H and O–H groups in total. The molecule has 0 aromatic heterocycles. The van der Waals surface area contributed by atoms with Gasteiger partial charge in [-0.2, -0.15) is 0 Å². The van der Waals surface area contributed by atoms with Gasteiger partial charge in [-0.1, -0.05) is 35.9 Å². The molecule has 0 aliphatic rings. The van der Waals surface area contributed by atoms with Crippen molar-refractivity contribution in [2.75, 3.05) is 6.61 Å². The van der Waals surface area contributed by atoms with E-state index in [-0.39, 0.29) is 12.1 Å². The van der Waals surface area contributed by atoms with Crippen LogP contribution < -0.4 is 15.4 Å². The number of hydrogen-bond donors (Lipinski definition) is 2. The van der Waals surface area contributed by atoms with Crippen LogP contribution in [-0.2, 0) is 6.54 Å². The molecule has 0 fully saturated rings. The molecule has 2 aromatic rings. The molecule has 0 spiro atoms. The number of benzene rings is 2. The topological polar surface area (TPSA) is 50.4 Å². The maximum absolute atomic E-state index is 12.0. The summed E-state index contributed by atoms with van der Waals surface area (Å²) in [6.45, 7) is 4.92. The van der Waals surface area contributed by atoms with E-state index in [0.717, 1.165) is 16.9 Å². The van der Waals surface area contributed by atoms with Crippen LogP contribution in [0.15, 0.2) is 48.5 Å². The van der Waals surface area contributed by atoms with Crippen molar-refractivity contribution in [1.29, 1.82) is 0 Å². The van der Waals surface area contributed by atoms with Crippen molar-refractivity contribution in [2.45, 2.75) is 26.4 Å². The van der Waals surface area contributed by atoms with Crippen molar-refractivity contribution in [1.82, 2.24) is 10.6 Å². The van der Waals surface area contributed by atoms with Crippen LogP contribution in [0.2, 0.25) is 5.02 Å². The Morgan fingerprint density at radius 1 is 1.22 bits per heavy atom. The molecule has 0 bridgehead atoms. The lowest BCUT2D eigenvalue weighted by molar-refractivity contribution is 0.237. The zero-order valence-corrected chi connectivity index (χ0v) is 14.1. The monoisotopic (exact) mass is 332 g/mol. The van der Waals surface area contributed by atoms with E-state index in [4.69, 9.17) is 16.3 Å². The van der Waals surface area contributed by atoms with Gasteiger partial charge in [0, 0.05) is 11.6 Å². The summed E-state index contributed by atoms with van der Waals surface area (Å²) in [5.41, 5.74) is 1.95. The second kappa shape index (κ2) is 8.44. The van der Waals surface area contributed by atoms with Gasteiger partial charge in [-0.3, -0.25) is 0 Å². The van der Waals surface area contributed by atoms with Crippen LogP contribution in [-0.4, -0.2) is 12.6 Å². The molecule has 0 heterocycles. The molecule has 0 aliphatic heterocycles. The second-order valence-electron chi connectivity index (χ2n) is 5.18. The van der Waals surface area contributed by atoms with Gasteiger partial charge in [0.15, 0.2) is 0 Å². The third kappa shape index (κ3) is 5.49. The van der Waals surface area contributed by atoms with E-state index in [1.54, 1.807) is 6.07 Å². The first-order valence-electron chi connectivity index (χ1n) is 7.60. The minimum absolute atomic E-state index is 0.116. The molecule has 2 aromatic carbocycles. The number of nitrogens with one attached hydrogen (secondary N) is 2. The molecule has 0 aliphatic carbocycles. The SMILES string of the molecule is CCOc1cccc(C(C)NC(=O)NCc2cccc(Cl)c2)c1. The predicted octanol–water partition coefficient (Wildman–Crippen LogP) is 4.30. The molecule has 23 heavy (non-hydrogen) atoms. The fourth-order valence-electron chi connectivity index (χ4n) is 2.20. The van der Waals surface area contributed by atoms with Crippen LogP contribution in [0.1, 0.15) is 31.0 Å². The highest BCUT2D eigenvalue weighted by Gasteiger charge is 2.10. The quantitative estimate of drug-likeness (QED) is 0.828. The summed E-state index contributed by atoms with van der Waals surface area (Å²) >= 11 is 5.92. The van der Waals surface area contributed by atoms with Gasteiger partial charge in [-0.15, -0.1) is 0 Å². The Balaban J connectivity index is 1.88. The first-order chi connectivity index (χ1) is 11.1. The first kappa shape index (κ1) is 17.2. The Bertz CT molecular complexity index is 661. The minimum atomic E-state index is -0.223. The largest absolute Gasteiger partial charge is 0.494 e. The van der Waals surface area contributed by atoms with Crippen LogP contribution in [0, 0.1) is 0 Å². The summed E-state index contributed by atoms with van der Waals surface area (Å²) in [5.74, 6) is 0.804.